The Kier molecular flexibility index (Phi) is 5.26. The standard InChI is InChI=1S/C15H14F3NO2S2/c1-11-6-8-12(9-7-11)23(20,21)19-13-4-2-3-5-14(13)22-10-15(16,17)18/h2-9,19H,10H2,1H3. The van der Waals surface area contributed by atoms with Crippen LogP contribution in [0.2, 0.25) is 0 Å². The molecule has 1 N–H and O–H groups in total. The van der Waals surface area contributed by atoms with Crippen molar-refractivity contribution in [3.63, 3.8) is 0 Å². The number of anilines is 1. The van der Waals surface area contributed by atoms with Crippen LogP contribution in [0.3, 0.4) is 0 Å². The molecule has 124 valence electrons. The quantitative estimate of drug-likeness (QED) is 0.801. The highest BCUT2D eigenvalue weighted by Gasteiger charge is 2.28. The molecule has 2 rings (SSSR count). The predicted molar refractivity (Wildman–Crippen MR) is 85.2 cm³/mol. The van der Waals surface area contributed by atoms with Crippen molar-refractivity contribution >= 4 is 27.5 Å². The minimum absolute atomic E-state index is 0.0544. The first kappa shape index (κ1) is 17.7. The van der Waals surface area contributed by atoms with E-state index in [0.29, 0.717) is 11.8 Å². The summed E-state index contributed by atoms with van der Waals surface area (Å²) in [6.45, 7) is 1.83. The van der Waals surface area contributed by atoms with Gasteiger partial charge in [0.25, 0.3) is 10.0 Å². The number of hydrogen-bond acceptors (Lipinski definition) is 3. The summed E-state index contributed by atoms with van der Waals surface area (Å²) in [7, 11) is -3.85. The van der Waals surface area contributed by atoms with Crippen LogP contribution in [-0.2, 0) is 10.0 Å². The molecule has 3 nitrogen and oxygen atoms in total. The third kappa shape index (κ3) is 5.18. The minimum atomic E-state index is -4.33. The molecule has 0 aromatic heterocycles. The largest absolute Gasteiger partial charge is 0.398 e. The normalized spacial score (nSPS) is 12.2. The van der Waals surface area contributed by atoms with Gasteiger partial charge in [0.2, 0.25) is 0 Å². The zero-order valence-corrected chi connectivity index (χ0v) is 13.7. The van der Waals surface area contributed by atoms with Gasteiger partial charge in [-0.05, 0) is 31.2 Å². The highest BCUT2D eigenvalue weighted by Crippen LogP contribution is 2.33. The first-order valence-corrected chi connectivity index (χ1v) is 9.02. The van der Waals surface area contributed by atoms with Crippen LogP contribution in [0.4, 0.5) is 18.9 Å². The summed E-state index contributed by atoms with van der Waals surface area (Å²) < 4.78 is 64.1. The summed E-state index contributed by atoms with van der Waals surface area (Å²) >= 11 is 0.540. The van der Waals surface area contributed by atoms with Crippen LogP contribution in [-0.4, -0.2) is 20.3 Å². The third-order valence-electron chi connectivity index (χ3n) is 2.85. The molecule has 0 fully saturated rings. The van der Waals surface area contributed by atoms with E-state index in [1.165, 1.54) is 24.3 Å². The van der Waals surface area contributed by atoms with Crippen LogP contribution in [0.5, 0.6) is 0 Å². The molecule has 8 heteroatoms. The number of alkyl halides is 3. The highest BCUT2D eigenvalue weighted by molar-refractivity contribution is 7.99. The van der Waals surface area contributed by atoms with Crippen molar-refractivity contribution in [2.45, 2.75) is 22.9 Å². The van der Waals surface area contributed by atoms with Crippen LogP contribution in [0, 0.1) is 6.92 Å². The molecule has 2 aromatic rings. The lowest BCUT2D eigenvalue weighted by molar-refractivity contribution is -0.105. The van der Waals surface area contributed by atoms with Crippen molar-refractivity contribution in [1.82, 2.24) is 0 Å². The van der Waals surface area contributed by atoms with Crippen molar-refractivity contribution < 1.29 is 21.6 Å². The van der Waals surface area contributed by atoms with Gasteiger partial charge in [-0.25, -0.2) is 8.42 Å². The molecule has 0 aliphatic rings. The number of halogens is 3. The molecule has 0 amide bonds. The summed E-state index contributed by atoms with van der Waals surface area (Å²) in [6.07, 6.45) is -4.33. The van der Waals surface area contributed by atoms with E-state index in [1.54, 1.807) is 24.3 Å². The second kappa shape index (κ2) is 6.84. The molecule has 0 atom stereocenters. The Labute approximate surface area is 137 Å². The number of nitrogens with one attached hydrogen (secondary N) is 1. The lowest BCUT2D eigenvalue weighted by Gasteiger charge is -2.13. The van der Waals surface area contributed by atoms with Gasteiger partial charge in [0.15, 0.2) is 0 Å². The first-order valence-electron chi connectivity index (χ1n) is 6.55. The van der Waals surface area contributed by atoms with E-state index >= 15 is 0 Å². The van der Waals surface area contributed by atoms with Crippen LogP contribution >= 0.6 is 11.8 Å². The Morgan fingerprint density at radius 1 is 1.04 bits per heavy atom. The monoisotopic (exact) mass is 361 g/mol. The minimum Gasteiger partial charge on any atom is -0.278 e. The summed E-state index contributed by atoms with van der Waals surface area (Å²) in [6, 6.07) is 12.2. The van der Waals surface area contributed by atoms with Gasteiger partial charge in [0.05, 0.1) is 16.3 Å². The molecule has 2 aromatic carbocycles. The number of sulfonamides is 1. The average molecular weight is 361 g/mol. The molecule has 0 bridgehead atoms. The van der Waals surface area contributed by atoms with Crippen LogP contribution in [0.25, 0.3) is 0 Å². The van der Waals surface area contributed by atoms with Gasteiger partial charge in [-0.2, -0.15) is 13.2 Å². The van der Waals surface area contributed by atoms with Crippen molar-refractivity contribution in [2.75, 3.05) is 10.5 Å². The van der Waals surface area contributed by atoms with Gasteiger partial charge >= 0.3 is 6.18 Å². The Bertz CT molecular complexity index is 772. The molecular formula is C15H14F3NO2S2. The Balaban J connectivity index is 2.24. The Morgan fingerprint density at radius 2 is 1.65 bits per heavy atom. The van der Waals surface area contributed by atoms with Gasteiger partial charge in [-0.3, -0.25) is 4.72 Å². The zero-order valence-electron chi connectivity index (χ0n) is 12.1. The topological polar surface area (TPSA) is 46.2 Å². The fraction of sp³-hybridized carbons (Fsp3) is 0.200. The Morgan fingerprint density at radius 3 is 2.26 bits per heavy atom. The fourth-order valence-electron chi connectivity index (χ4n) is 1.76. The number of hydrogen-bond donors (Lipinski definition) is 1. The van der Waals surface area contributed by atoms with E-state index in [2.05, 4.69) is 4.72 Å². The molecule has 0 unspecified atom stereocenters. The third-order valence-corrected chi connectivity index (χ3v) is 5.37. The maximum atomic E-state index is 12.4. The van der Waals surface area contributed by atoms with Gasteiger partial charge in [-0.1, -0.05) is 29.8 Å². The highest BCUT2D eigenvalue weighted by atomic mass is 32.2. The molecular weight excluding hydrogens is 347 g/mol. The second-order valence-electron chi connectivity index (χ2n) is 4.82. The van der Waals surface area contributed by atoms with E-state index in [9.17, 15) is 21.6 Å². The van der Waals surface area contributed by atoms with Gasteiger partial charge in [0, 0.05) is 4.90 Å². The molecule has 0 radical (unpaired) electrons. The number of benzene rings is 2. The van der Waals surface area contributed by atoms with E-state index in [1.807, 2.05) is 6.92 Å². The van der Waals surface area contributed by atoms with Crippen LogP contribution < -0.4 is 4.72 Å². The average Bonchev–Trinajstić information content (AvgIpc) is 2.45. The van der Waals surface area contributed by atoms with Crippen molar-refractivity contribution in [2.24, 2.45) is 0 Å². The van der Waals surface area contributed by atoms with Gasteiger partial charge in [0.1, 0.15) is 0 Å². The molecule has 0 aliphatic carbocycles. The van der Waals surface area contributed by atoms with Crippen molar-refractivity contribution in [1.29, 1.82) is 0 Å². The summed E-state index contributed by atoms with van der Waals surface area (Å²) in [5.41, 5.74) is 1.03. The Hall–Kier alpha value is -1.67. The van der Waals surface area contributed by atoms with Crippen LogP contribution in [0.1, 0.15) is 5.56 Å². The number of thioether (sulfide) groups is 1. The van der Waals surface area contributed by atoms with Gasteiger partial charge < -0.3 is 0 Å². The second-order valence-corrected chi connectivity index (χ2v) is 7.52. The predicted octanol–water partition coefficient (Wildman–Crippen LogP) is 4.45. The smallest absolute Gasteiger partial charge is 0.278 e. The van der Waals surface area contributed by atoms with E-state index < -0.39 is 22.0 Å². The maximum Gasteiger partial charge on any atom is 0.398 e. The summed E-state index contributed by atoms with van der Waals surface area (Å²) in [5, 5.41) is 0. The van der Waals surface area contributed by atoms with Crippen molar-refractivity contribution in [3.05, 3.63) is 54.1 Å². The number of para-hydroxylation sites is 1. The summed E-state index contributed by atoms with van der Waals surface area (Å²) in [4.78, 5) is 0.277. The number of rotatable bonds is 5. The zero-order chi connectivity index (χ0) is 17.1. The fourth-order valence-corrected chi connectivity index (χ4v) is 3.67. The molecule has 0 saturated carbocycles. The lowest BCUT2D eigenvalue weighted by Crippen LogP contribution is -2.14. The molecule has 23 heavy (non-hydrogen) atoms. The van der Waals surface area contributed by atoms with Gasteiger partial charge in [-0.15, -0.1) is 11.8 Å². The van der Waals surface area contributed by atoms with E-state index in [-0.39, 0.29) is 15.5 Å². The maximum absolute atomic E-state index is 12.4. The molecule has 0 spiro atoms. The molecule has 0 saturated heterocycles. The molecule has 0 heterocycles. The first-order chi connectivity index (χ1) is 10.7. The SMILES string of the molecule is Cc1ccc(S(=O)(=O)Nc2ccccc2SCC(F)(F)F)cc1. The summed E-state index contributed by atoms with van der Waals surface area (Å²) in [5.74, 6) is -1.09. The van der Waals surface area contributed by atoms with E-state index in [4.69, 9.17) is 0 Å². The van der Waals surface area contributed by atoms with Crippen molar-refractivity contribution in [3.8, 4) is 0 Å². The number of aryl methyl sites for hydroxylation is 1. The molecule has 0 aliphatic heterocycles. The van der Waals surface area contributed by atoms with E-state index in [0.717, 1.165) is 5.56 Å². The lowest BCUT2D eigenvalue weighted by atomic mass is 10.2. The van der Waals surface area contributed by atoms with Crippen LogP contribution in [0.15, 0.2) is 58.3 Å².